The minimum absolute atomic E-state index is 0.106. The van der Waals surface area contributed by atoms with Gasteiger partial charge in [0.05, 0.1) is 17.6 Å². The van der Waals surface area contributed by atoms with Gasteiger partial charge in [-0.3, -0.25) is 4.79 Å². The Morgan fingerprint density at radius 2 is 1.62 bits per heavy atom. The molecule has 0 saturated carbocycles. The number of ether oxygens (including phenoxy) is 1. The second-order valence-electron chi connectivity index (χ2n) is 9.36. The summed E-state index contributed by atoms with van der Waals surface area (Å²) >= 11 is 0. The highest BCUT2D eigenvalue weighted by molar-refractivity contribution is 6.02. The standard InChI is InChI=1S/C31H28FN5O2/c1-2-39-24-14-12-23(13-15-24)37-20-26(22-8-4-3-5-9-22)28-29(33-21-34-30(28)37)35-16-18-36(19-17-35)31(38)25-10-6-7-11-27(25)32/h3-15,20-21H,2,16-19H2,1H3. The molecule has 0 aliphatic carbocycles. The first-order valence-electron chi connectivity index (χ1n) is 13.1. The molecular weight excluding hydrogens is 493 g/mol. The Morgan fingerprint density at radius 1 is 0.897 bits per heavy atom. The molecule has 8 heteroatoms. The predicted molar refractivity (Wildman–Crippen MR) is 150 cm³/mol. The van der Waals surface area contributed by atoms with Gasteiger partial charge in [-0.05, 0) is 48.9 Å². The van der Waals surface area contributed by atoms with Crippen molar-refractivity contribution in [3.05, 3.63) is 103 Å². The molecule has 7 nitrogen and oxygen atoms in total. The molecule has 0 atom stereocenters. The highest BCUT2D eigenvalue weighted by atomic mass is 19.1. The topological polar surface area (TPSA) is 63.5 Å². The van der Waals surface area contributed by atoms with Crippen LogP contribution in [0.5, 0.6) is 5.75 Å². The van der Waals surface area contributed by atoms with E-state index in [-0.39, 0.29) is 11.5 Å². The van der Waals surface area contributed by atoms with Gasteiger partial charge in [-0.1, -0.05) is 42.5 Å². The lowest BCUT2D eigenvalue weighted by atomic mass is 10.1. The third-order valence-corrected chi connectivity index (χ3v) is 7.04. The number of rotatable bonds is 6. The van der Waals surface area contributed by atoms with Gasteiger partial charge in [0, 0.05) is 43.6 Å². The van der Waals surface area contributed by atoms with Crippen LogP contribution in [0.4, 0.5) is 10.2 Å². The second-order valence-corrected chi connectivity index (χ2v) is 9.36. The molecular formula is C31H28FN5O2. The lowest BCUT2D eigenvalue weighted by Crippen LogP contribution is -2.49. The summed E-state index contributed by atoms with van der Waals surface area (Å²) in [5.41, 5.74) is 3.97. The zero-order valence-corrected chi connectivity index (χ0v) is 21.6. The lowest BCUT2D eigenvalue weighted by molar-refractivity contribution is 0.0742. The third kappa shape index (κ3) is 4.69. The number of hydrogen-bond donors (Lipinski definition) is 0. The fourth-order valence-corrected chi connectivity index (χ4v) is 5.11. The molecule has 1 fully saturated rings. The summed E-state index contributed by atoms with van der Waals surface area (Å²) in [6.07, 6.45) is 3.69. The fourth-order valence-electron chi connectivity index (χ4n) is 5.11. The van der Waals surface area contributed by atoms with Crippen LogP contribution in [0.1, 0.15) is 17.3 Å². The van der Waals surface area contributed by atoms with E-state index in [4.69, 9.17) is 14.7 Å². The summed E-state index contributed by atoms with van der Waals surface area (Å²) in [7, 11) is 0. The van der Waals surface area contributed by atoms with Crippen molar-refractivity contribution in [3.8, 4) is 22.6 Å². The number of aromatic nitrogens is 3. The molecule has 5 aromatic rings. The van der Waals surface area contributed by atoms with Crippen molar-refractivity contribution < 1.29 is 13.9 Å². The van der Waals surface area contributed by atoms with E-state index in [0.29, 0.717) is 32.8 Å². The number of benzene rings is 3. The number of carbonyl (C=O) groups excluding carboxylic acids is 1. The van der Waals surface area contributed by atoms with Gasteiger partial charge in [0.2, 0.25) is 0 Å². The largest absolute Gasteiger partial charge is 0.494 e. The van der Waals surface area contributed by atoms with Crippen molar-refractivity contribution in [2.45, 2.75) is 6.92 Å². The molecule has 196 valence electrons. The maximum atomic E-state index is 14.2. The van der Waals surface area contributed by atoms with E-state index in [1.165, 1.54) is 12.1 Å². The Labute approximate surface area is 226 Å². The minimum atomic E-state index is -0.495. The highest BCUT2D eigenvalue weighted by Crippen LogP contribution is 2.37. The SMILES string of the molecule is CCOc1ccc(-n2cc(-c3ccccc3)c3c(N4CCN(C(=O)c5ccccc5F)CC4)ncnc32)cc1. The number of piperazine rings is 1. The highest BCUT2D eigenvalue weighted by Gasteiger charge is 2.27. The first kappa shape index (κ1) is 24.6. The number of carbonyl (C=O) groups is 1. The second kappa shape index (κ2) is 10.6. The first-order valence-corrected chi connectivity index (χ1v) is 13.1. The van der Waals surface area contributed by atoms with Crippen LogP contribution in [0.15, 0.2) is 91.4 Å². The zero-order valence-electron chi connectivity index (χ0n) is 21.6. The summed E-state index contributed by atoms with van der Waals surface area (Å²) in [4.78, 5) is 26.3. The molecule has 0 bridgehead atoms. The van der Waals surface area contributed by atoms with Crippen LogP contribution in [0.2, 0.25) is 0 Å². The number of nitrogens with zero attached hydrogens (tertiary/aromatic N) is 5. The average molecular weight is 522 g/mol. The summed E-state index contributed by atoms with van der Waals surface area (Å²) in [6, 6.07) is 24.3. The van der Waals surface area contributed by atoms with Crippen LogP contribution in [0.3, 0.4) is 0 Å². The first-order chi connectivity index (χ1) is 19.1. The number of amides is 1. The molecule has 1 aliphatic rings. The van der Waals surface area contributed by atoms with Crippen LogP contribution >= 0.6 is 0 Å². The number of anilines is 1. The minimum Gasteiger partial charge on any atom is -0.494 e. The van der Waals surface area contributed by atoms with Crippen molar-refractivity contribution in [1.29, 1.82) is 0 Å². The molecule has 3 heterocycles. The number of hydrogen-bond acceptors (Lipinski definition) is 5. The Hall–Kier alpha value is -4.72. The van der Waals surface area contributed by atoms with E-state index in [1.54, 1.807) is 23.4 Å². The van der Waals surface area contributed by atoms with Crippen molar-refractivity contribution in [2.24, 2.45) is 0 Å². The van der Waals surface area contributed by atoms with E-state index >= 15 is 0 Å². The maximum absolute atomic E-state index is 14.2. The van der Waals surface area contributed by atoms with Gasteiger partial charge >= 0.3 is 0 Å². The van der Waals surface area contributed by atoms with Gasteiger partial charge in [0.1, 0.15) is 23.7 Å². The van der Waals surface area contributed by atoms with Crippen molar-refractivity contribution in [2.75, 3.05) is 37.7 Å². The maximum Gasteiger partial charge on any atom is 0.256 e. The van der Waals surface area contributed by atoms with Gasteiger partial charge in [0.25, 0.3) is 5.91 Å². The Morgan fingerprint density at radius 3 is 2.33 bits per heavy atom. The van der Waals surface area contributed by atoms with Gasteiger partial charge < -0.3 is 19.1 Å². The molecule has 3 aromatic carbocycles. The van der Waals surface area contributed by atoms with Crippen molar-refractivity contribution >= 4 is 22.8 Å². The Balaban J connectivity index is 1.36. The summed E-state index contributed by atoms with van der Waals surface area (Å²) in [6.45, 7) is 4.68. The van der Waals surface area contributed by atoms with E-state index in [9.17, 15) is 9.18 Å². The number of fused-ring (bicyclic) bond motifs is 1. The number of halogens is 1. The van der Waals surface area contributed by atoms with Crippen LogP contribution in [-0.4, -0.2) is 58.1 Å². The molecule has 2 aromatic heterocycles. The zero-order chi connectivity index (χ0) is 26.8. The van der Waals surface area contributed by atoms with Crippen LogP contribution < -0.4 is 9.64 Å². The van der Waals surface area contributed by atoms with E-state index in [0.717, 1.165) is 39.4 Å². The molecule has 1 saturated heterocycles. The molecule has 0 radical (unpaired) electrons. The molecule has 0 spiro atoms. The van der Waals surface area contributed by atoms with Crippen LogP contribution in [-0.2, 0) is 0 Å². The fraction of sp³-hybridized carbons (Fsp3) is 0.194. The molecule has 0 unspecified atom stereocenters. The lowest BCUT2D eigenvalue weighted by Gasteiger charge is -2.35. The van der Waals surface area contributed by atoms with E-state index in [2.05, 4.69) is 27.8 Å². The van der Waals surface area contributed by atoms with Gasteiger partial charge in [0.15, 0.2) is 5.65 Å². The summed E-state index contributed by atoms with van der Waals surface area (Å²) < 4.78 is 21.9. The predicted octanol–water partition coefficient (Wildman–Crippen LogP) is 5.59. The summed E-state index contributed by atoms with van der Waals surface area (Å²) in [5, 5.41) is 0.950. The smallest absolute Gasteiger partial charge is 0.256 e. The Kier molecular flexibility index (Phi) is 6.67. The van der Waals surface area contributed by atoms with Gasteiger partial charge in [-0.2, -0.15) is 0 Å². The molecule has 1 aliphatic heterocycles. The van der Waals surface area contributed by atoms with Crippen molar-refractivity contribution in [3.63, 3.8) is 0 Å². The average Bonchev–Trinajstić information content (AvgIpc) is 3.38. The van der Waals surface area contributed by atoms with Crippen LogP contribution in [0.25, 0.3) is 27.8 Å². The molecule has 6 rings (SSSR count). The van der Waals surface area contributed by atoms with Gasteiger partial charge in [-0.15, -0.1) is 0 Å². The summed E-state index contributed by atoms with van der Waals surface area (Å²) in [5.74, 6) is 0.860. The van der Waals surface area contributed by atoms with E-state index < -0.39 is 5.82 Å². The molecule has 0 N–H and O–H groups in total. The Bertz CT molecular complexity index is 1610. The van der Waals surface area contributed by atoms with Gasteiger partial charge in [-0.25, -0.2) is 14.4 Å². The van der Waals surface area contributed by atoms with E-state index in [1.807, 2.05) is 49.4 Å². The molecule has 39 heavy (non-hydrogen) atoms. The quantitative estimate of drug-likeness (QED) is 0.292. The molecule has 1 amide bonds. The third-order valence-electron chi connectivity index (χ3n) is 7.04. The normalized spacial score (nSPS) is 13.6. The van der Waals surface area contributed by atoms with Crippen LogP contribution in [0, 0.1) is 5.82 Å². The monoisotopic (exact) mass is 521 g/mol. The van der Waals surface area contributed by atoms with Crippen molar-refractivity contribution in [1.82, 2.24) is 19.4 Å².